The number of benzene rings is 2. The Hall–Kier alpha value is -3.08. The molecule has 1 N–H and O–H groups in total. The van der Waals surface area contributed by atoms with Gasteiger partial charge in [0.05, 0.1) is 30.6 Å². The Balaban J connectivity index is 1.82. The van der Waals surface area contributed by atoms with Crippen molar-refractivity contribution in [2.75, 3.05) is 18.6 Å². The molecule has 5 nitrogen and oxygen atoms in total. The largest absolute Gasteiger partial charge is 0.490 e. The lowest BCUT2D eigenvalue weighted by Gasteiger charge is -2.11. The molecule has 0 saturated carbocycles. The zero-order chi connectivity index (χ0) is 18.4. The van der Waals surface area contributed by atoms with Gasteiger partial charge in [-0.2, -0.15) is 5.10 Å². The summed E-state index contributed by atoms with van der Waals surface area (Å²) in [5.41, 5.74) is 6.88. The van der Waals surface area contributed by atoms with Crippen molar-refractivity contribution in [2.45, 2.75) is 20.8 Å². The Kier molecular flexibility index (Phi) is 5.69. The van der Waals surface area contributed by atoms with Gasteiger partial charge in [-0.1, -0.05) is 18.2 Å². The van der Waals surface area contributed by atoms with E-state index in [1.807, 2.05) is 69.3 Å². The number of rotatable bonds is 7. The standard InChI is InChI=1S/C21H23N3O2/c1-4-25-20-11-10-16(13-21(20)26-5-2)14-22-24-19-12-15(3)23-18-9-7-6-8-17(18)19/h6-14H,4-5H2,1-3H3,(H,23,24)/b22-14+. The van der Waals surface area contributed by atoms with E-state index in [0.717, 1.165) is 39.3 Å². The molecule has 5 heteroatoms. The minimum Gasteiger partial charge on any atom is -0.490 e. The molecule has 0 spiro atoms. The second-order valence-electron chi connectivity index (χ2n) is 5.77. The van der Waals surface area contributed by atoms with Gasteiger partial charge in [0, 0.05) is 11.1 Å². The minimum atomic E-state index is 0.585. The molecule has 3 rings (SSSR count). The molecule has 0 radical (unpaired) electrons. The van der Waals surface area contributed by atoms with E-state index in [4.69, 9.17) is 9.47 Å². The molecule has 0 unspecified atom stereocenters. The summed E-state index contributed by atoms with van der Waals surface area (Å²) in [5.74, 6) is 1.47. The predicted molar refractivity (Wildman–Crippen MR) is 106 cm³/mol. The fourth-order valence-corrected chi connectivity index (χ4v) is 2.72. The van der Waals surface area contributed by atoms with Crippen molar-refractivity contribution in [1.82, 2.24) is 4.98 Å². The van der Waals surface area contributed by atoms with Gasteiger partial charge in [-0.15, -0.1) is 0 Å². The second kappa shape index (κ2) is 8.34. The topological polar surface area (TPSA) is 55.7 Å². The van der Waals surface area contributed by atoms with E-state index < -0.39 is 0 Å². The van der Waals surface area contributed by atoms with Crippen molar-refractivity contribution < 1.29 is 9.47 Å². The van der Waals surface area contributed by atoms with E-state index in [1.165, 1.54) is 0 Å². The third-order valence-electron chi connectivity index (χ3n) is 3.81. The first-order valence-corrected chi connectivity index (χ1v) is 8.76. The van der Waals surface area contributed by atoms with Crippen molar-refractivity contribution in [3.8, 4) is 11.5 Å². The van der Waals surface area contributed by atoms with Gasteiger partial charge in [0.15, 0.2) is 11.5 Å². The molecule has 0 aliphatic carbocycles. The fourth-order valence-electron chi connectivity index (χ4n) is 2.72. The molecular formula is C21H23N3O2. The van der Waals surface area contributed by atoms with E-state index in [-0.39, 0.29) is 0 Å². The number of fused-ring (bicyclic) bond motifs is 1. The lowest BCUT2D eigenvalue weighted by Crippen LogP contribution is -1.99. The number of para-hydroxylation sites is 1. The van der Waals surface area contributed by atoms with Crippen LogP contribution in [0.1, 0.15) is 25.1 Å². The monoisotopic (exact) mass is 349 g/mol. The third-order valence-corrected chi connectivity index (χ3v) is 3.81. The first-order chi connectivity index (χ1) is 12.7. The van der Waals surface area contributed by atoms with Gasteiger partial charge in [-0.3, -0.25) is 10.4 Å². The Labute approximate surface area is 153 Å². The molecule has 0 amide bonds. The summed E-state index contributed by atoms with van der Waals surface area (Å²) in [6, 6.07) is 15.8. The summed E-state index contributed by atoms with van der Waals surface area (Å²) in [4.78, 5) is 4.54. The van der Waals surface area contributed by atoms with Crippen LogP contribution in [0.3, 0.4) is 0 Å². The average molecular weight is 349 g/mol. The van der Waals surface area contributed by atoms with Gasteiger partial charge in [-0.25, -0.2) is 0 Å². The van der Waals surface area contributed by atoms with Crippen molar-refractivity contribution in [2.24, 2.45) is 5.10 Å². The van der Waals surface area contributed by atoms with Crippen LogP contribution in [0.2, 0.25) is 0 Å². The summed E-state index contributed by atoms with van der Waals surface area (Å²) in [7, 11) is 0. The number of hydrogen-bond donors (Lipinski definition) is 1. The number of nitrogens with zero attached hydrogens (tertiary/aromatic N) is 2. The number of hydrazone groups is 1. The normalized spacial score (nSPS) is 11.0. The van der Waals surface area contributed by atoms with E-state index in [2.05, 4.69) is 15.5 Å². The first kappa shape index (κ1) is 17.7. The SMILES string of the molecule is CCOc1ccc(/C=N/Nc2cc(C)nc3ccccc23)cc1OCC. The smallest absolute Gasteiger partial charge is 0.161 e. The molecule has 0 bridgehead atoms. The molecule has 0 atom stereocenters. The molecule has 1 aromatic heterocycles. The Morgan fingerprint density at radius 1 is 1.00 bits per heavy atom. The van der Waals surface area contributed by atoms with Crippen LogP contribution in [0, 0.1) is 6.92 Å². The number of ether oxygens (including phenoxy) is 2. The highest BCUT2D eigenvalue weighted by Gasteiger charge is 2.05. The molecule has 134 valence electrons. The molecular weight excluding hydrogens is 326 g/mol. The fraction of sp³-hybridized carbons (Fsp3) is 0.238. The summed E-state index contributed by atoms with van der Waals surface area (Å²) in [6.45, 7) is 7.07. The van der Waals surface area contributed by atoms with Gasteiger partial charge in [-0.05, 0) is 56.7 Å². The van der Waals surface area contributed by atoms with Crippen LogP contribution < -0.4 is 14.9 Å². The maximum atomic E-state index is 5.65. The number of aromatic nitrogens is 1. The highest BCUT2D eigenvalue weighted by Crippen LogP contribution is 2.28. The van der Waals surface area contributed by atoms with Crippen LogP contribution in [0.15, 0.2) is 53.6 Å². The van der Waals surface area contributed by atoms with Crippen LogP contribution in [0.5, 0.6) is 11.5 Å². The van der Waals surface area contributed by atoms with E-state index in [9.17, 15) is 0 Å². The highest BCUT2D eigenvalue weighted by molar-refractivity contribution is 5.92. The molecule has 2 aromatic carbocycles. The zero-order valence-corrected chi connectivity index (χ0v) is 15.3. The molecule has 26 heavy (non-hydrogen) atoms. The van der Waals surface area contributed by atoms with Gasteiger partial charge in [0.25, 0.3) is 0 Å². The molecule has 0 aliphatic heterocycles. The molecule has 0 aliphatic rings. The van der Waals surface area contributed by atoms with Gasteiger partial charge in [0.2, 0.25) is 0 Å². The highest BCUT2D eigenvalue weighted by atomic mass is 16.5. The third kappa shape index (κ3) is 4.11. The molecule has 0 saturated heterocycles. The maximum Gasteiger partial charge on any atom is 0.161 e. The quantitative estimate of drug-likeness (QED) is 0.492. The van der Waals surface area contributed by atoms with Crippen molar-refractivity contribution in [3.05, 3.63) is 59.8 Å². The van der Waals surface area contributed by atoms with Gasteiger partial charge < -0.3 is 9.47 Å². The van der Waals surface area contributed by atoms with Crippen molar-refractivity contribution in [3.63, 3.8) is 0 Å². The minimum absolute atomic E-state index is 0.585. The summed E-state index contributed by atoms with van der Waals surface area (Å²) in [6.07, 6.45) is 1.77. The number of anilines is 1. The average Bonchev–Trinajstić information content (AvgIpc) is 2.64. The Morgan fingerprint density at radius 3 is 2.58 bits per heavy atom. The van der Waals surface area contributed by atoms with Crippen molar-refractivity contribution >= 4 is 22.8 Å². The van der Waals surface area contributed by atoms with E-state index >= 15 is 0 Å². The first-order valence-electron chi connectivity index (χ1n) is 8.76. The Bertz CT molecular complexity index is 922. The van der Waals surface area contributed by atoms with E-state index in [0.29, 0.717) is 13.2 Å². The number of hydrogen-bond acceptors (Lipinski definition) is 5. The Morgan fingerprint density at radius 2 is 1.77 bits per heavy atom. The predicted octanol–water partition coefficient (Wildman–Crippen LogP) is 4.79. The van der Waals surface area contributed by atoms with E-state index in [1.54, 1.807) is 6.21 Å². The van der Waals surface area contributed by atoms with Crippen LogP contribution in [0.25, 0.3) is 10.9 Å². The second-order valence-corrected chi connectivity index (χ2v) is 5.77. The number of aryl methyl sites for hydroxylation is 1. The number of nitrogens with one attached hydrogen (secondary N) is 1. The number of pyridine rings is 1. The molecule has 0 fully saturated rings. The van der Waals surface area contributed by atoms with Crippen LogP contribution in [0.4, 0.5) is 5.69 Å². The lowest BCUT2D eigenvalue weighted by molar-refractivity contribution is 0.288. The van der Waals surface area contributed by atoms with Crippen LogP contribution in [-0.4, -0.2) is 24.4 Å². The molecule has 1 heterocycles. The van der Waals surface area contributed by atoms with Crippen molar-refractivity contribution in [1.29, 1.82) is 0 Å². The van der Waals surface area contributed by atoms with Crippen LogP contribution >= 0.6 is 0 Å². The summed E-state index contributed by atoms with van der Waals surface area (Å²) < 4.78 is 11.2. The summed E-state index contributed by atoms with van der Waals surface area (Å²) >= 11 is 0. The lowest BCUT2D eigenvalue weighted by atomic mass is 10.1. The molecule has 3 aromatic rings. The van der Waals surface area contributed by atoms with Gasteiger partial charge in [0.1, 0.15) is 0 Å². The van der Waals surface area contributed by atoms with Crippen LogP contribution in [-0.2, 0) is 0 Å². The summed E-state index contributed by atoms with van der Waals surface area (Å²) in [5, 5.41) is 5.42. The zero-order valence-electron chi connectivity index (χ0n) is 15.3. The van der Waals surface area contributed by atoms with Gasteiger partial charge >= 0.3 is 0 Å². The maximum absolute atomic E-state index is 5.65.